The summed E-state index contributed by atoms with van der Waals surface area (Å²) in [6.45, 7) is 3.45. The van der Waals surface area contributed by atoms with Crippen LogP contribution < -0.4 is 5.32 Å². The monoisotopic (exact) mass is 233 g/mol. The number of hydrogen-bond acceptors (Lipinski definition) is 2. The van der Waals surface area contributed by atoms with E-state index < -0.39 is 0 Å². The van der Waals surface area contributed by atoms with Crippen molar-refractivity contribution in [1.29, 1.82) is 0 Å². The van der Waals surface area contributed by atoms with E-state index in [1.807, 2.05) is 31.2 Å². The Labute approximate surface area is 102 Å². The van der Waals surface area contributed by atoms with Crippen LogP contribution in [0.4, 0.5) is 0 Å². The first kappa shape index (κ1) is 12.1. The van der Waals surface area contributed by atoms with E-state index in [9.17, 15) is 4.79 Å². The van der Waals surface area contributed by atoms with Gasteiger partial charge in [0.05, 0.1) is 6.10 Å². The molecule has 1 unspecified atom stereocenters. The lowest BCUT2D eigenvalue weighted by molar-refractivity contribution is 0.0169. The standard InChI is InChI=1S/C14H19NO2/c1-11-5-7-12(8-6-11)14(16)15-10-13-4-2-3-9-17-13/h5-8,13H,2-4,9-10H2,1H3,(H,15,16). The highest BCUT2D eigenvalue weighted by Gasteiger charge is 2.15. The molecule has 1 saturated heterocycles. The molecule has 1 aromatic carbocycles. The summed E-state index contributed by atoms with van der Waals surface area (Å²) in [7, 11) is 0. The molecule has 1 amide bonds. The predicted octanol–water partition coefficient (Wildman–Crippen LogP) is 2.29. The normalized spacial score (nSPS) is 19.9. The van der Waals surface area contributed by atoms with E-state index in [-0.39, 0.29) is 12.0 Å². The molecule has 3 nitrogen and oxygen atoms in total. The molecule has 1 N–H and O–H groups in total. The summed E-state index contributed by atoms with van der Waals surface area (Å²) >= 11 is 0. The van der Waals surface area contributed by atoms with Crippen LogP contribution in [0.25, 0.3) is 0 Å². The molecule has 1 fully saturated rings. The van der Waals surface area contributed by atoms with Crippen LogP contribution in [0, 0.1) is 6.92 Å². The number of nitrogens with one attached hydrogen (secondary N) is 1. The summed E-state index contributed by atoms with van der Waals surface area (Å²) in [6.07, 6.45) is 3.58. The molecule has 92 valence electrons. The largest absolute Gasteiger partial charge is 0.376 e. The SMILES string of the molecule is Cc1ccc(C(=O)NCC2CCCCO2)cc1. The van der Waals surface area contributed by atoms with Gasteiger partial charge in [-0.05, 0) is 38.3 Å². The highest BCUT2D eigenvalue weighted by molar-refractivity contribution is 5.94. The fourth-order valence-corrected chi connectivity index (χ4v) is 1.98. The average Bonchev–Trinajstić information content (AvgIpc) is 2.38. The molecule has 1 heterocycles. The van der Waals surface area contributed by atoms with E-state index in [4.69, 9.17) is 4.74 Å². The molecule has 0 bridgehead atoms. The van der Waals surface area contributed by atoms with Gasteiger partial charge in [0.1, 0.15) is 0 Å². The third kappa shape index (κ3) is 3.56. The van der Waals surface area contributed by atoms with Crippen molar-refractivity contribution in [3.63, 3.8) is 0 Å². The van der Waals surface area contributed by atoms with E-state index in [1.54, 1.807) is 0 Å². The average molecular weight is 233 g/mol. The molecule has 1 aromatic rings. The number of rotatable bonds is 3. The van der Waals surface area contributed by atoms with Crippen molar-refractivity contribution in [2.75, 3.05) is 13.2 Å². The van der Waals surface area contributed by atoms with Crippen LogP contribution in [-0.2, 0) is 4.74 Å². The van der Waals surface area contributed by atoms with Gasteiger partial charge in [0, 0.05) is 18.7 Å². The van der Waals surface area contributed by atoms with Crippen LogP contribution in [0.2, 0.25) is 0 Å². The van der Waals surface area contributed by atoms with Crippen LogP contribution in [0.15, 0.2) is 24.3 Å². The van der Waals surface area contributed by atoms with E-state index in [2.05, 4.69) is 5.32 Å². The Hall–Kier alpha value is -1.35. The minimum absolute atomic E-state index is 0.0147. The highest BCUT2D eigenvalue weighted by Crippen LogP contribution is 2.12. The second-order valence-corrected chi connectivity index (χ2v) is 4.56. The lowest BCUT2D eigenvalue weighted by Gasteiger charge is -2.22. The van der Waals surface area contributed by atoms with Gasteiger partial charge in [0.2, 0.25) is 0 Å². The topological polar surface area (TPSA) is 38.3 Å². The maximum atomic E-state index is 11.8. The fraction of sp³-hybridized carbons (Fsp3) is 0.500. The van der Waals surface area contributed by atoms with Gasteiger partial charge in [-0.2, -0.15) is 0 Å². The Morgan fingerprint density at radius 2 is 2.12 bits per heavy atom. The molecular weight excluding hydrogens is 214 g/mol. The van der Waals surface area contributed by atoms with Crippen molar-refractivity contribution in [3.8, 4) is 0 Å². The third-order valence-electron chi connectivity index (χ3n) is 3.08. The molecule has 0 radical (unpaired) electrons. The lowest BCUT2D eigenvalue weighted by Crippen LogP contribution is -2.35. The lowest BCUT2D eigenvalue weighted by atomic mass is 10.1. The Balaban J connectivity index is 1.82. The maximum Gasteiger partial charge on any atom is 0.251 e. The van der Waals surface area contributed by atoms with Gasteiger partial charge in [0.15, 0.2) is 0 Å². The number of carbonyl (C=O) groups is 1. The second kappa shape index (κ2) is 5.82. The summed E-state index contributed by atoms with van der Waals surface area (Å²) in [5, 5.41) is 2.92. The van der Waals surface area contributed by atoms with Gasteiger partial charge in [0.25, 0.3) is 5.91 Å². The van der Waals surface area contributed by atoms with Crippen LogP contribution in [0.1, 0.15) is 35.2 Å². The van der Waals surface area contributed by atoms with Crippen LogP contribution in [-0.4, -0.2) is 25.2 Å². The van der Waals surface area contributed by atoms with Crippen LogP contribution in [0.3, 0.4) is 0 Å². The summed E-state index contributed by atoms with van der Waals surface area (Å²) < 4.78 is 5.57. The smallest absolute Gasteiger partial charge is 0.251 e. The van der Waals surface area contributed by atoms with Crippen molar-refractivity contribution in [3.05, 3.63) is 35.4 Å². The highest BCUT2D eigenvalue weighted by atomic mass is 16.5. The van der Waals surface area contributed by atoms with Crippen molar-refractivity contribution < 1.29 is 9.53 Å². The zero-order chi connectivity index (χ0) is 12.1. The number of amides is 1. The predicted molar refractivity (Wildman–Crippen MR) is 67.1 cm³/mol. The van der Waals surface area contributed by atoms with Gasteiger partial charge < -0.3 is 10.1 Å². The van der Waals surface area contributed by atoms with Crippen molar-refractivity contribution in [1.82, 2.24) is 5.32 Å². The molecule has 3 heteroatoms. The summed E-state index contributed by atoms with van der Waals surface area (Å²) in [5.41, 5.74) is 1.88. The summed E-state index contributed by atoms with van der Waals surface area (Å²) in [5.74, 6) is -0.0147. The molecule has 1 aliphatic heterocycles. The Bertz CT molecular complexity index is 366. The zero-order valence-corrected chi connectivity index (χ0v) is 10.2. The van der Waals surface area contributed by atoms with Crippen molar-refractivity contribution in [2.45, 2.75) is 32.3 Å². The van der Waals surface area contributed by atoms with E-state index in [0.29, 0.717) is 12.1 Å². The number of carbonyl (C=O) groups excluding carboxylic acids is 1. The van der Waals surface area contributed by atoms with Gasteiger partial charge in [-0.3, -0.25) is 4.79 Å². The number of ether oxygens (including phenoxy) is 1. The van der Waals surface area contributed by atoms with Crippen molar-refractivity contribution in [2.24, 2.45) is 0 Å². The first-order chi connectivity index (χ1) is 8.25. The molecule has 0 spiro atoms. The molecule has 2 rings (SSSR count). The number of aryl methyl sites for hydroxylation is 1. The number of benzene rings is 1. The van der Waals surface area contributed by atoms with E-state index in [1.165, 1.54) is 6.42 Å². The molecule has 0 saturated carbocycles. The fourth-order valence-electron chi connectivity index (χ4n) is 1.98. The quantitative estimate of drug-likeness (QED) is 0.870. The Morgan fingerprint density at radius 3 is 2.76 bits per heavy atom. The van der Waals surface area contributed by atoms with Gasteiger partial charge in [-0.15, -0.1) is 0 Å². The molecule has 0 aromatic heterocycles. The van der Waals surface area contributed by atoms with Crippen LogP contribution >= 0.6 is 0 Å². The summed E-state index contributed by atoms with van der Waals surface area (Å²) in [4.78, 5) is 11.8. The molecule has 1 aliphatic rings. The first-order valence-corrected chi connectivity index (χ1v) is 6.22. The minimum Gasteiger partial charge on any atom is -0.376 e. The van der Waals surface area contributed by atoms with E-state index in [0.717, 1.165) is 25.0 Å². The summed E-state index contributed by atoms with van der Waals surface area (Å²) in [6, 6.07) is 7.61. The third-order valence-corrected chi connectivity index (χ3v) is 3.08. The Morgan fingerprint density at radius 1 is 1.35 bits per heavy atom. The van der Waals surface area contributed by atoms with Crippen LogP contribution in [0.5, 0.6) is 0 Å². The first-order valence-electron chi connectivity index (χ1n) is 6.22. The second-order valence-electron chi connectivity index (χ2n) is 4.56. The maximum absolute atomic E-state index is 11.8. The minimum atomic E-state index is -0.0147. The zero-order valence-electron chi connectivity index (χ0n) is 10.2. The molecule has 1 atom stereocenters. The van der Waals surface area contributed by atoms with E-state index >= 15 is 0 Å². The van der Waals surface area contributed by atoms with Crippen molar-refractivity contribution >= 4 is 5.91 Å². The molecule has 0 aliphatic carbocycles. The Kier molecular flexibility index (Phi) is 4.15. The number of hydrogen-bond donors (Lipinski definition) is 1. The molecule has 17 heavy (non-hydrogen) atoms. The molecular formula is C14H19NO2. The van der Waals surface area contributed by atoms with Gasteiger partial charge >= 0.3 is 0 Å². The van der Waals surface area contributed by atoms with Gasteiger partial charge in [-0.1, -0.05) is 17.7 Å². The van der Waals surface area contributed by atoms with Gasteiger partial charge in [-0.25, -0.2) is 0 Å².